The number of anilines is 1. The van der Waals surface area contributed by atoms with Crippen LogP contribution in [0, 0.1) is 11.6 Å². The van der Waals surface area contributed by atoms with Crippen molar-refractivity contribution in [1.82, 2.24) is 4.90 Å². The van der Waals surface area contributed by atoms with Gasteiger partial charge in [-0.1, -0.05) is 25.1 Å². The number of ether oxygens (including phenoxy) is 2. The fourth-order valence-corrected chi connectivity index (χ4v) is 3.84. The van der Waals surface area contributed by atoms with E-state index >= 15 is 0 Å². The highest BCUT2D eigenvalue weighted by Crippen LogP contribution is 2.30. The lowest BCUT2D eigenvalue weighted by Gasteiger charge is -2.23. The molecule has 1 atom stereocenters. The number of hydrogen-bond donors (Lipinski definition) is 1. The van der Waals surface area contributed by atoms with Gasteiger partial charge in [0.2, 0.25) is 0 Å². The highest BCUT2D eigenvalue weighted by molar-refractivity contribution is 6.04. The van der Waals surface area contributed by atoms with Gasteiger partial charge in [-0.3, -0.25) is 9.59 Å². The van der Waals surface area contributed by atoms with Crippen molar-refractivity contribution >= 4 is 17.5 Å². The molecule has 0 unspecified atom stereocenters. The second kappa shape index (κ2) is 9.91. The van der Waals surface area contributed by atoms with E-state index in [9.17, 15) is 18.4 Å². The highest BCUT2D eigenvalue weighted by Gasteiger charge is 2.30. The van der Waals surface area contributed by atoms with Crippen molar-refractivity contribution in [3.63, 3.8) is 0 Å². The van der Waals surface area contributed by atoms with E-state index in [4.69, 9.17) is 9.47 Å². The average molecular weight is 466 g/mol. The first kappa shape index (κ1) is 23.2. The Labute approximate surface area is 196 Å². The molecule has 0 aromatic heterocycles. The number of methoxy groups -OCH3 is 1. The molecule has 1 N–H and O–H groups in total. The topological polar surface area (TPSA) is 67.9 Å². The molecular formula is C26H24F2N2O4. The Morgan fingerprint density at radius 2 is 1.82 bits per heavy atom. The van der Waals surface area contributed by atoms with Crippen LogP contribution < -0.4 is 14.8 Å². The molecule has 1 aliphatic rings. The van der Waals surface area contributed by atoms with Crippen LogP contribution in [-0.4, -0.2) is 29.9 Å². The normalized spacial score (nSPS) is 15.2. The summed E-state index contributed by atoms with van der Waals surface area (Å²) >= 11 is 0. The minimum absolute atomic E-state index is 0.145. The Bertz CT molecular complexity index is 1190. The van der Waals surface area contributed by atoms with Crippen LogP contribution in [0.15, 0.2) is 60.7 Å². The molecule has 0 fully saturated rings. The van der Waals surface area contributed by atoms with Crippen molar-refractivity contribution < 1.29 is 27.8 Å². The van der Waals surface area contributed by atoms with E-state index in [-0.39, 0.29) is 12.5 Å². The van der Waals surface area contributed by atoms with Gasteiger partial charge in [-0.2, -0.15) is 0 Å². The van der Waals surface area contributed by atoms with Crippen LogP contribution in [0.1, 0.15) is 34.8 Å². The lowest BCUT2D eigenvalue weighted by molar-refractivity contribution is -0.139. The fourth-order valence-electron chi connectivity index (χ4n) is 3.84. The third-order valence-corrected chi connectivity index (χ3v) is 5.63. The summed E-state index contributed by atoms with van der Waals surface area (Å²) in [6.45, 7) is 2.48. The van der Waals surface area contributed by atoms with Gasteiger partial charge in [0.25, 0.3) is 11.8 Å². The molecule has 34 heavy (non-hydrogen) atoms. The van der Waals surface area contributed by atoms with Gasteiger partial charge in [0.15, 0.2) is 6.10 Å². The van der Waals surface area contributed by atoms with Crippen LogP contribution in [0.3, 0.4) is 0 Å². The third kappa shape index (κ3) is 4.85. The first-order chi connectivity index (χ1) is 16.4. The molecule has 6 nitrogen and oxygen atoms in total. The summed E-state index contributed by atoms with van der Waals surface area (Å²) in [5.41, 5.74) is 1.27. The first-order valence-corrected chi connectivity index (χ1v) is 10.9. The number of hydrogen-bond acceptors (Lipinski definition) is 4. The van der Waals surface area contributed by atoms with Gasteiger partial charge in [-0.25, -0.2) is 8.78 Å². The molecule has 2 amide bonds. The quantitative estimate of drug-likeness (QED) is 0.560. The number of rotatable bonds is 6. The number of benzene rings is 3. The Hall–Kier alpha value is -3.94. The van der Waals surface area contributed by atoms with Crippen LogP contribution in [0.25, 0.3) is 0 Å². The monoisotopic (exact) mass is 466 g/mol. The molecule has 1 heterocycles. The van der Waals surface area contributed by atoms with Crippen molar-refractivity contribution in [1.29, 1.82) is 0 Å². The maximum atomic E-state index is 14.0. The van der Waals surface area contributed by atoms with Crippen molar-refractivity contribution in [2.24, 2.45) is 0 Å². The van der Waals surface area contributed by atoms with Crippen LogP contribution in [0.2, 0.25) is 0 Å². The van der Waals surface area contributed by atoms with Gasteiger partial charge in [0.1, 0.15) is 28.7 Å². The molecular weight excluding hydrogens is 442 g/mol. The maximum absolute atomic E-state index is 14.0. The van der Waals surface area contributed by atoms with Gasteiger partial charge < -0.3 is 19.7 Å². The van der Waals surface area contributed by atoms with Gasteiger partial charge in [-0.05, 0) is 54.4 Å². The average Bonchev–Trinajstić information content (AvgIpc) is 2.95. The first-order valence-electron chi connectivity index (χ1n) is 10.9. The Kier molecular flexibility index (Phi) is 6.77. The number of halogens is 2. The summed E-state index contributed by atoms with van der Waals surface area (Å²) in [6.07, 6.45) is -0.157. The second-order valence-corrected chi connectivity index (χ2v) is 7.93. The SMILES string of the molecule is CC[C@H]1Oc2ccc(NC(=O)c3c(F)cccc3F)cc2CN(Cc2ccc(OC)cc2)C1=O. The van der Waals surface area contributed by atoms with Crippen LogP contribution in [0.5, 0.6) is 11.5 Å². The molecule has 8 heteroatoms. The largest absolute Gasteiger partial charge is 0.497 e. The van der Waals surface area contributed by atoms with E-state index in [1.807, 2.05) is 31.2 Å². The van der Waals surface area contributed by atoms with E-state index in [0.717, 1.165) is 23.4 Å². The molecule has 4 rings (SSSR count). The molecule has 176 valence electrons. The summed E-state index contributed by atoms with van der Waals surface area (Å²) in [7, 11) is 1.59. The number of nitrogens with one attached hydrogen (secondary N) is 1. The van der Waals surface area contributed by atoms with Gasteiger partial charge in [0.05, 0.1) is 7.11 Å². The lowest BCUT2D eigenvalue weighted by atomic mass is 10.1. The zero-order chi connectivity index (χ0) is 24.2. The minimum Gasteiger partial charge on any atom is -0.497 e. The van der Waals surface area contributed by atoms with Crippen molar-refractivity contribution in [2.45, 2.75) is 32.5 Å². The fraction of sp³-hybridized carbons (Fsp3) is 0.231. The predicted molar refractivity (Wildman–Crippen MR) is 123 cm³/mol. The van der Waals surface area contributed by atoms with Crippen LogP contribution in [-0.2, 0) is 17.9 Å². The van der Waals surface area contributed by atoms with E-state index in [1.165, 1.54) is 6.07 Å². The number of carbonyl (C=O) groups is 2. The maximum Gasteiger partial charge on any atom is 0.264 e. The van der Waals surface area contributed by atoms with E-state index in [2.05, 4.69) is 5.32 Å². The van der Waals surface area contributed by atoms with E-state index in [0.29, 0.717) is 30.0 Å². The molecule has 0 bridgehead atoms. The molecule has 0 spiro atoms. The number of fused-ring (bicyclic) bond motifs is 1. The third-order valence-electron chi connectivity index (χ3n) is 5.63. The smallest absolute Gasteiger partial charge is 0.264 e. The molecule has 1 aliphatic heterocycles. The standard InChI is InChI=1S/C26H24F2N2O4/c1-3-22-26(32)30(14-16-7-10-19(33-2)11-8-16)15-17-13-18(9-12-23(17)34-22)29-25(31)24-20(27)5-4-6-21(24)28/h4-13,22H,3,14-15H2,1-2H3,(H,29,31)/t22-/m1/s1. The van der Waals surface area contributed by atoms with E-state index < -0.39 is 29.2 Å². The Morgan fingerprint density at radius 3 is 2.47 bits per heavy atom. The summed E-state index contributed by atoms with van der Waals surface area (Å²) in [6, 6.07) is 15.6. The van der Waals surface area contributed by atoms with Gasteiger partial charge >= 0.3 is 0 Å². The molecule has 0 radical (unpaired) electrons. The van der Waals surface area contributed by atoms with Crippen LogP contribution >= 0.6 is 0 Å². The molecule has 3 aromatic carbocycles. The highest BCUT2D eigenvalue weighted by atomic mass is 19.1. The number of nitrogens with zero attached hydrogens (tertiary/aromatic N) is 1. The van der Waals surface area contributed by atoms with Crippen LogP contribution in [0.4, 0.5) is 14.5 Å². The Morgan fingerprint density at radius 1 is 1.12 bits per heavy atom. The van der Waals surface area contributed by atoms with Crippen molar-refractivity contribution in [3.05, 3.63) is 89.0 Å². The number of amides is 2. The molecule has 0 saturated carbocycles. The van der Waals surface area contributed by atoms with E-state index in [1.54, 1.807) is 30.2 Å². The summed E-state index contributed by atoms with van der Waals surface area (Å²) in [4.78, 5) is 27.3. The second-order valence-electron chi connectivity index (χ2n) is 7.93. The molecule has 0 aliphatic carbocycles. The number of carbonyl (C=O) groups excluding carboxylic acids is 2. The zero-order valence-electron chi connectivity index (χ0n) is 18.8. The molecule has 0 saturated heterocycles. The Balaban J connectivity index is 1.59. The minimum atomic E-state index is -0.947. The predicted octanol–water partition coefficient (Wildman–Crippen LogP) is 4.93. The molecule has 3 aromatic rings. The van der Waals surface area contributed by atoms with Crippen molar-refractivity contribution in [3.8, 4) is 11.5 Å². The van der Waals surface area contributed by atoms with Gasteiger partial charge in [-0.15, -0.1) is 0 Å². The summed E-state index contributed by atoms with van der Waals surface area (Å²) in [5, 5.41) is 2.53. The lowest BCUT2D eigenvalue weighted by Crippen LogP contribution is -2.38. The van der Waals surface area contributed by atoms with Gasteiger partial charge in [0, 0.05) is 24.3 Å². The summed E-state index contributed by atoms with van der Waals surface area (Å²) in [5.74, 6) is -1.70. The summed E-state index contributed by atoms with van der Waals surface area (Å²) < 4.78 is 39.1. The zero-order valence-corrected chi connectivity index (χ0v) is 18.8. The van der Waals surface area contributed by atoms with Crippen molar-refractivity contribution in [2.75, 3.05) is 12.4 Å².